The summed E-state index contributed by atoms with van der Waals surface area (Å²) in [6, 6.07) is 0.281. The molecule has 7 heteroatoms. The molecule has 1 aliphatic rings. The van der Waals surface area contributed by atoms with Crippen molar-refractivity contribution in [2.45, 2.75) is 32.2 Å². The number of nitrogens with zero attached hydrogens (tertiary/aromatic N) is 3. The second-order valence-corrected chi connectivity index (χ2v) is 4.25. The van der Waals surface area contributed by atoms with Gasteiger partial charge in [0, 0.05) is 6.04 Å². The number of hydrogen-bond donors (Lipinski definition) is 2. The molecular formula is C10H15N5O2. The van der Waals surface area contributed by atoms with Crippen LogP contribution in [-0.2, 0) is 0 Å². The number of nitro groups is 1. The minimum absolute atomic E-state index is 0.0470. The monoisotopic (exact) mass is 237 g/mol. The molecule has 2 rings (SSSR count). The van der Waals surface area contributed by atoms with Crippen molar-refractivity contribution < 1.29 is 4.92 Å². The van der Waals surface area contributed by atoms with Gasteiger partial charge in [0.05, 0.1) is 4.92 Å². The summed E-state index contributed by atoms with van der Waals surface area (Å²) in [4.78, 5) is 17.8. The summed E-state index contributed by atoms with van der Waals surface area (Å²) in [5.41, 5.74) is 5.31. The second-order valence-electron chi connectivity index (χ2n) is 4.25. The van der Waals surface area contributed by atoms with Gasteiger partial charge in [0.15, 0.2) is 0 Å². The Balaban J connectivity index is 2.10. The molecule has 92 valence electrons. The van der Waals surface area contributed by atoms with E-state index in [1.165, 1.54) is 0 Å². The maximum Gasteiger partial charge on any atom is 0.329 e. The number of nitrogens with one attached hydrogen (secondary N) is 1. The Morgan fingerprint density at radius 2 is 2.47 bits per heavy atom. The van der Waals surface area contributed by atoms with Gasteiger partial charge in [-0.15, -0.1) is 0 Å². The third-order valence-electron chi connectivity index (χ3n) is 2.89. The highest BCUT2D eigenvalue weighted by Gasteiger charge is 2.37. The van der Waals surface area contributed by atoms with Gasteiger partial charge in [-0.2, -0.15) is 4.98 Å². The summed E-state index contributed by atoms with van der Waals surface area (Å²) in [5, 5.41) is 13.9. The lowest BCUT2D eigenvalue weighted by molar-refractivity contribution is -0.384. The van der Waals surface area contributed by atoms with Crippen molar-refractivity contribution in [2.75, 3.05) is 11.1 Å². The smallest absolute Gasteiger partial charge is 0.329 e. The van der Waals surface area contributed by atoms with Gasteiger partial charge in [-0.25, -0.2) is 4.98 Å². The van der Waals surface area contributed by atoms with Gasteiger partial charge in [0.1, 0.15) is 6.20 Å². The molecule has 1 aromatic rings. The van der Waals surface area contributed by atoms with Crippen LogP contribution in [0.15, 0.2) is 6.20 Å². The minimum Gasteiger partial charge on any atom is -0.368 e. The normalized spacial score (nSPS) is 22.2. The van der Waals surface area contributed by atoms with E-state index in [-0.39, 0.29) is 23.5 Å². The molecule has 0 bridgehead atoms. The van der Waals surface area contributed by atoms with E-state index in [4.69, 9.17) is 5.73 Å². The maximum absolute atomic E-state index is 10.8. The first-order chi connectivity index (χ1) is 8.11. The zero-order valence-corrected chi connectivity index (χ0v) is 9.59. The van der Waals surface area contributed by atoms with Crippen molar-refractivity contribution in [1.29, 1.82) is 0 Å². The molecule has 2 atom stereocenters. The fourth-order valence-electron chi connectivity index (χ4n) is 1.92. The molecule has 0 aliphatic heterocycles. The third-order valence-corrected chi connectivity index (χ3v) is 2.89. The SMILES string of the molecule is CCCC1CC1Nc1nc(N)ncc1[N+](=O)[O-]. The average molecular weight is 237 g/mol. The first-order valence-electron chi connectivity index (χ1n) is 5.65. The first kappa shape index (κ1) is 11.6. The Morgan fingerprint density at radius 3 is 3.12 bits per heavy atom. The van der Waals surface area contributed by atoms with E-state index in [9.17, 15) is 10.1 Å². The van der Waals surface area contributed by atoms with E-state index in [1.807, 2.05) is 0 Å². The molecule has 17 heavy (non-hydrogen) atoms. The van der Waals surface area contributed by atoms with Crippen molar-refractivity contribution in [3.63, 3.8) is 0 Å². The van der Waals surface area contributed by atoms with Crippen LogP contribution in [0, 0.1) is 16.0 Å². The maximum atomic E-state index is 10.8. The lowest BCUT2D eigenvalue weighted by Gasteiger charge is -2.05. The molecule has 2 unspecified atom stereocenters. The predicted octanol–water partition coefficient (Wildman–Crippen LogP) is 1.57. The minimum atomic E-state index is -0.501. The summed E-state index contributed by atoms with van der Waals surface area (Å²) in [6.45, 7) is 2.13. The summed E-state index contributed by atoms with van der Waals surface area (Å²) in [6.07, 6.45) is 4.43. The van der Waals surface area contributed by atoms with Gasteiger partial charge in [0.2, 0.25) is 11.8 Å². The van der Waals surface area contributed by atoms with Crippen LogP contribution in [0.4, 0.5) is 17.5 Å². The van der Waals surface area contributed by atoms with Gasteiger partial charge in [-0.3, -0.25) is 10.1 Å². The van der Waals surface area contributed by atoms with Crippen molar-refractivity contribution in [3.8, 4) is 0 Å². The van der Waals surface area contributed by atoms with E-state index < -0.39 is 4.92 Å². The zero-order valence-electron chi connectivity index (χ0n) is 9.59. The van der Waals surface area contributed by atoms with Crippen molar-refractivity contribution in [3.05, 3.63) is 16.3 Å². The molecule has 0 aromatic carbocycles. The van der Waals surface area contributed by atoms with E-state index in [2.05, 4.69) is 22.2 Å². The van der Waals surface area contributed by atoms with E-state index in [0.717, 1.165) is 25.5 Å². The number of nitrogens with two attached hydrogens (primary N) is 1. The third kappa shape index (κ3) is 2.61. The quantitative estimate of drug-likeness (QED) is 0.594. The number of rotatable bonds is 5. The predicted molar refractivity (Wildman–Crippen MR) is 63.5 cm³/mol. The Kier molecular flexibility index (Phi) is 3.08. The lowest BCUT2D eigenvalue weighted by atomic mass is 10.2. The molecule has 0 spiro atoms. The molecule has 1 saturated carbocycles. The van der Waals surface area contributed by atoms with Crippen LogP contribution in [0.2, 0.25) is 0 Å². The molecule has 1 aliphatic carbocycles. The van der Waals surface area contributed by atoms with Crippen LogP contribution in [0.1, 0.15) is 26.2 Å². The number of nitrogen functional groups attached to an aromatic ring is 1. The largest absolute Gasteiger partial charge is 0.368 e. The molecule has 7 nitrogen and oxygen atoms in total. The van der Waals surface area contributed by atoms with Gasteiger partial charge < -0.3 is 11.1 Å². The Bertz CT molecular complexity index is 437. The summed E-state index contributed by atoms with van der Waals surface area (Å²) < 4.78 is 0. The fourth-order valence-corrected chi connectivity index (χ4v) is 1.92. The van der Waals surface area contributed by atoms with E-state index in [0.29, 0.717) is 5.92 Å². The zero-order chi connectivity index (χ0) is 12.4. The number of hydrogen-bond acceptors (Lipinski definition) is 6. The van der Waals surface area contributed by atoms with Crippen molar-refractivity contribution in [1.82, 2.24) is 9.97 Å². The first-order valence-corrected chi connectivity index (χ1v) is 5.65. The highest BCUT2D eigenvalue weighted by molar-refractivity contribution is 5.57. The standard InChI is InChI=1S/C10H15N5O2/c1-2-3-6-4-7(6)13-9-8(15(16)17)5-12-10(11)14-9/h5-7H,2-4H2,1H3,(H3,11,12,13,14). The molecule has 0 radical (unpaired) electrons. The molecule has 3 N–H and O–H groups in total. The average Bonchev–Trinajstić information content (AvgIpc) is 2.96. The molecule has 0 amide bonds. The molecule has 1 fully saturated rings. The van der Waals surface area contributed by atoms with Crippen LogP contribution in [-0.4, -0.2) is 20.9 Å². The van der Waals surface area contributed by atoms with Gasteiger partial charge >= 0.3 is 5.69 Å². The number of aromatic nitrogens is 2. The van der Waals surface area contributed by atoms with Crippen molar-refractivity contribution >= 4 is 17.5 Å². The molecule has 1 aromatic heterocycles. The Labute approximate surface area is 98.6 Å². The van der Waals surface area contributed by atoms with Crippen LogP contribution >= 0.6 is 0 Å². The number of anilines is 2. The summed E-state index contributed by atoms with van der Waals surface area (Å²) in [5.74, 6) is 0.868. The van der Waals surface area contributed by atoms with Gasteiger partial charge in [-0.1, -0.05) is 13.3 Å². The summed E-state index contributed by atoms with van der Waals surface area (Å²) in [7, 11) is 0. The fraction of sp³-hybridized carbons (Fsp3) is 0.600. The summed E-state index contributed by atoms with van der Waals surface area (Å²) >= 11 is 0. The van der Waals surface area contributed by atoms with Crippen LogP contribution in [0.25, 0.3) is 0 Å². The van der Waals surface area contributed by atoms with Crippen LogP contribution in [0.5, 0.6) is 0 Å². The highest BCUT2D eigenvalue weighted by atomic mass is 16.6. The van der Waals surface area contributed by atoms with Gasteiger partial charge in [-0.05, 0) is 18.8 Å². The van der Waals surface area contributed by atoms with E-state index >= 15 is 0 Å². The van der Waals surface area contributed by atoms with E-state index in [1.54, 1.807) is 0 Å². The van der Waals surface area contributed by atoms with Gasteiger partial charge in [0.25, 0.3) is 0 Å². The van der Waals surface area contributed by atoms with Crippen molar-refractivity contribution in [2.24, 2.45) is 5.92 Å². The topological polar surface area (TPSA) is 107 Å². The molecular weight excluding hydrogens is 222 g/mol. The van der Waals surface area contributed by atoms with Crippen LogP contribution in [0.3, 0.4) is 0 Å². The second kappa shape index (κ2) is 4.52. The Hall–Kier alpha value is -1.92. The molecule has 1 heterocycles. The lowest BCUT2D eigenvalue weighted by Crippen LogP contribution is -2.10. The van der Waals surface area contributed by atoms with Crippen LogP contribution < -0.4 is 11.1 Å². The highest BCUT2D eigenvalue weighted by Crippen LogP contribution is 2.38. The Morgan fingerprint density at radius 1 is 1.71 bits per heavy atom. The molecule has 0 saturated heterocycles.